The molecule has 0 saturated carbocycles. The fraction of sp³-hybridized carbons (Fsp3) is 0.258. The number of fused-ring (bicyclic) bond motifs is 1. The molecule has 5 N–H and O–H groups in total. The van der Waals surface area contributed by atoms with Gasteiger partial charge >= 0.3 is 0 Å². The highest BCUT2D eigenvalue weighted by atomic mass is 32.1. The fourth-order valence-electron chi connectivity index (χ4n) is 4.91. The predicted octanol–water partition coefficient (Wildman–Crippen LogP) is 5.44. The van der Waals surface area contributed by atoms with Crippen LogP contribution in [0.4, 0.5) is 5.82 Å². The molecule has 1 aliphatic rings. The van der Waals surface area contributed by atoms with Gasteiger partial charge in [0.15, 0.2) is 0 Å². The number of carbonyl (C=O) groups is 1. The number of primary amides is 1. The van der Waals surface area contributed by atoms with Gasteiger partial charge in [-0.05, 0) is 67.1 Å². The van der Waals surface area contributed by atoms with Crippen molar-refractivity contribution in [2.45, 2.75) is 39.2 Å². The molecule has 1 aliphatic heterocycles. The molecule has 206 valence electrons. The van der Waals surface area contributed by atoms with Gasteiger partial charge in [-0.15, -0.1) is 11.3 Å². The first-order chi connectivity index (χ1) is 19.3. The molecule has 1 saturated heterocycles. The smallest absolute Gasteiger partial charge is 0.262 e. The molecule has 0 aliphatic carbocycles. The van der Waals surface area contributed by atoms with E-state index < -0.39 is 5.91 Å². The lowest BCUT2D eigenvalue weighted by atomic mass is 10.1. The first-order valence-corrected chi connectivity index (χ1v) is 14.3. The Bertz CT molecular complexity index is 1620. The van der Waals surface area contributed by atoms with E-state index in [9.17, 15) is 9.90 Å². The minimum atomic E-state index is -0.649. The van der Waals surface area contributed by atoms with E-state index in [1.807, 2.05) is 29.0 Å². The number of carbonyl (C=O) groups excluding carboxylic acids is 1. The molecule has 0 radical (unpaired) electrons. The number of piperidine rings is 1. The molecule has 3 aromatic heterocycles. The molecule has 5 aromatic rings. The van der Waals surface area contributed by atoms with Crippen LogP contribution in [0.5, 0.6) is 5.75 Å². The van der Waals surface area contributed by atoms with Crippen LogP contribution in [0.3, 0.4) is 0 Å². The Kier molecular flexibility index (Phi) is 8.14. The summed E-state index contributed by atoms with van der Waals surface area (Å²) in [5.41, 5.74) is 17.9. The standard InChI is InChI=1S/C22H22N6O2S.C9H12/c23-15-5-7-27(8-6-15)19-4-2-14(11-25-19)13-1-3-17-16(9-13)26-12-28(17)20-10-18(29)21(31-20)22(24)30;1-3-9-7-5-4-6-8(9)2/h1-4,9-12,15,29H,5-8,23H2,(H2,24,30);4-7H,3H2,1-2H3. The zero-order chi connectivity index (χ0) is 28.2. The van der Waals surface area contributed by atoms with Crippen molar-refractivity contribution in [3.8, 4) is 21.9 Å². The van der Waals surface area contributed by atoms with Crippen LogP contribution in [0.15, 0.2) is 73.2 Å². The van der Waals surface area contributed by atoms with E-state index >= 15 is 0 Å². The van der Waals surface area contributed by atoms with Crippen molar-refractivity contribution in [3.05, 3.63) is 89.2 Å². The lowest BCUT2D eigenvalue weighted by Gasteiger charge is -2.31. The Morgan fingerprint density at radius 3 is 2.42 bits per heavy atom. The molecule has 8 nitrogen and oxygen atoms in total. The van der Waals surface area contributed by atoms with Crippen LogP contribution in [0.25, 0.3) is 27.2 Å². The topological polar surface area (TPSA) is 123 Å². The van der Waals surface area contributed by atoms with Crippen molar-refractivity contribution in [2.75, 3.05) is 18.0 Å². The number of aromatic hydroxyl groups is 1. The number of thiophene rings is 1. The number of pyridine rings is 1. The highest BCUT2D eigenvalue weighted by Gasteiger charge is 2.18. The Hall–Kier alpha value is -4.21. The zero-order valence-corrected chi connectivity index (χ0v) is 23.6. The number of rotatable bonds is 5. The minimum Gasteiger partial charge on any atom is -0.506 e. The second-order valence-corrected chi connectivity index (χ2v) is 11.0. The normalized spacial score (nSPS) is 13.7. The SMILES string of the molecule is CCc1ccccc1C.NC(=O)c1sc(-n2cnc3cc(-c4ccc(N5CCC(N)CC5)nc4)ccc32)cc1O. The van der Waals surface area contributed by atoms with E-state index in [1.165, 1.54) is 17.2 Å². The van der Waals surface area contributed by atoms with E-state index in [0.717, 1.165) is 71.7 Å². The third-order valence-corrected chi connectivity index (χ3v) is 8.43. The van der Waals surface area contributed by atoms with Gasteiger partial charge in [0.1, 0.15) is 27.8 Å². The molecular weight excluding hydrogens is 520 g/mol. The van der Waals surface area contributed by atoms with Gasteiger partial charge in [0, 0.05) is 37.0 Å². The van der Waals surface area contributed by atoms with Gasteiger partial charge in [0.05, 0.1) is 11.0 Å². The summed E-state index contributed by atoms with van der Waals surface area (Å²) in [4.78, 5) is 23.0. The second-order valence-electron chi connectivity index (χ2n) is 9.99. The Morgan fingerprint density at radius 1 is 1.05 bits per heavy atom. The molecule has 0 spiro atoms. The minimum absolute atomic E-state index is 0.118. The number of amides is 1. The fourth-order valence-corrected chi connectivity index (χ4v) is 5.80. The van der Waals surface area contributed by atoms with Crippen LogP contribution in [0.2, 0.25) is 0 Å². The van der Waals surface area contributed by atoms with E-state index in [2.05, 4.69) is 65.1 Å². The van der Waals surface area contributed by atoms with Gasteiger partial charge in [-0.25, -0.2) is 9.97 Å². The molecule has 4 heterocycles. The van der Waals surface area contributed by atoms with Crippen LogP contribution in [0, 0.1) is 6.92 Å². The number of anilines is 1. The molecule has 0 unspecified atom stereocenters. The predicted molar refractivity (Wildman–Crippen MR) is 162 cm³/mol. The number of nitrogens with two attached hydrogens (primary N) is 2. The molecule has 1 fully saturated rings. The summed E-state index contributed by atoms with van der Waals surface area (Å²) in [5, 5.41) is 10.6. The molecule has 2 aromatic carbocycles. The summed E-state index contributed by atoms with van der Waals surface area (Å²) in [5.74, 6) is 0.209. The van der Waals surface area contributed by atoms with Gasteiger partial charge < -0.3 is 21.5 Å². The summed E-state index contributed by atoms with van der Waals surface area (Å²) < 4.78 is 1.83. The molecule has 1 amide bonds. The van der Waals surface area contributed by atoms with Gasteiger partial charge in [-0.1, -0.05) is 37.3 Å². The quantitative estimate of drug-likeness (QED) is 0.266. The maximum absolute atomic E-state index is 11.4. The van der Waals surface area contributed by atoms with Crippen LogP contribution in [-0.4, -0.2) is 44.7 Å². The van der Waals surface area contributed by atoms with Crippen LogP contribution < -0.4 is 16.4 Å². The van der Waals surface area contributed by atoms with Gasteiger partial charge in [0.25, 0.3) is 5.91 Å². The van der Waals surface area contributed by atoms with Gasteiger partial charge in [-0.2, -0.15) is 0 Å². The van der Waals surface area contributed by atoms with E-state index in [0.29, 0.717) is 11.0 Å². The van der Waals surface area contributed by atoms with E-state index in [1.54, 1.807) is 6.33 Å². The van der Waals surface area contributed by atoms with Crippen LogP contribution >= 0.6 is 11.3 Å². The van der Waals surface area contributed by atoms with Crippen molar-refractivity contribution in [1.82, 2.24) is 14.5 Å². The molecule has 40 heavy (non-hydrogen) atoms. The molecular formula is C31H34N6O2S. The number of benzene rings is 2. The maximum Gasteiger partial charge on any atom is 0.262 e. The summed E-state index contributed by atoms with van der Waals surface area (Å²) in [7, 11) is 0. The average Bonchev–Trinajstić information content (AvgIpc) is 3.57. The average molecular weight is 555 g/mol. The third kappa shape index (κ3) is 5.85. The van der Waals surface area contributed by atoms with Crippen LogP contribution in [-0.2, 0) is 6.42 Å². The van der Waals surface area contributed by atoms with Crippen LogP contribution in [0.1, 0.15) is 40.6 Å². The number of aryl methyl sites for hydroxylation is 2. The van der Waals surface area contributed by atoms with E-state index in [4.69, 9.17) is 11.5 Å². The zero-order valence-electron chi connectivity index (χ0n) is 22.7. The number of hydrogen-bond donors (Lipinski definition) is 3. The van der Waals surface area contributed by atoms with Gasteiger partial charge in [0.2, 0.25) is 0 Å². The number of hydrogen-bond acceptors (Lipinski definition) is 7. The molecule has 0 atom stereocenters. The van der Waals surface area contributed by atoms with Crippen molar-refractivity contribution in [3.63, 3.8) is 0 Å². The number of aromatic nitrogens is 3. The summed E-state index contributed by atoms with van der Waals surface area (Å²) in [6.45, 7) is 6.21. The first kappa shape index (κ1) is 27.4. The lowest BCUT2D eigenvalue weighted by molar-refractivity contribution is 0.100. The maximum atomic E-state index is 11.4. The second kappa shape index (κ2) is 11.9. The Morgan fingerprint density at radius 2 is 1.80 bits per heavy atom. The lowest BCUT2D eigenvalue weighted by Crippen LogP contribution is -2.40. The highest BCUT2D eigenvalue weighted by Crippen LogP contribution is 2.33. The number of nitrogens with zero attached hydrogens (tertiary/aromatic N) is 4. The highest BCUT2D eigenvalue weighted by molar-refractivity contribution is 7.16. The third-order valence-electron chi connectivity index (χ3n) is 7.29. The van der Waals surface area contributed by atoms with Gasteiger partial charge in [-0.3, -0.25) is 9.36 Å². The van der Waals surface area contributed by atoms with Crippen molar-refractivity contribution < 1.29 is 9.90 Å². The van der Waals surface area contributed by atoms with Crippen molar-refractivity contribution >= 4 is 34.1 Å². The Labute approximate surface area is 237 Å². The number of imidazole rings is 1. The molecule has 9 heteroatoms. The summed E-state index contributed by atoms with van der Waals surface area (Å²) in [6.07, 6.45) is 6.69. The molecule has 0 bridgehead atoms. The van der Waals surface area contributed by atoms with Crippen molar-refractivity contribution in [2.24, 2.45) is 11.5 Å². The Balaban J connectivity index is 0.000000306. The van der Waals surface area contributed by atoms with Crippen molar-refractivity contribution in [1.29, 1.82) is 0 Å². The van der Waals surface area contributed by atoms with E-state index in [-0.39, 0.29) is 10.6 Å². The monoisotopic (exact) mass is 554 g/mol. The summed E-state index contributed by atoms with van der Waals surface area (Å²) >= 11 is 1.13. The summed E-state index contributed by atoms with van der Waals surface area (Å²) in [6, 6.07) is 20.4. The molecule has 6 rings (SSSR count). The largest absolute Gasteiger partial charge is 0.506 e. The first-order valence-electron chi connectivity index (χ1n) is 13.5.